The average molecular weight is 413 g/mol. The second kappa shape index (κ2) is 8.13. The molecule has 8 heteroatoms. The molecule has 2 fully saturated rings. The highest BCUT2D eigenvalue weighted by Crippen LogP contribution is 2.31. The molecule has 2 aromatic rings. The minimum atomic E-state index is -0.298. The first-order valence-electron chi connectivity index (χ1n) is 9.53. The van der Waals surface area contributed by atoms with Crippen LogP contribution in [0.5, 0.6) is 0 Å². The molecular weight excluding hydrogens is 392 g/mol. The molecule has 1 saturated carbocycles. The predicted octanol–water partition coefficient (Wildman–Crippen LogP) is 2.88. The Hall–Kier alpha value is -3.06. The van der Waals surface area contributed by atoms with Gasteiger partial charge in [0, 0.05) is 35.9 Å². The number of nitrogens with one attached hydrogen (secondary N) is 3. The lowest BCUT2D eigenvalue weighted by atomic mass is 10.1. The summed E-state index contributed by atoms with van der Waals surface area (Å²) in [6.45, 7) is 1.50. The quantitative estimate of drug-likeness (QED) is 0.704. The minimum Gasteiger partial charge on any atom is -0.359 e. The molecule has 2 aromatic carbocycles. The molecule has 0 radical (unpaired) electrons. The van der Waals surface area contributed by atoms with Crippen LogP contribution in [0.15, 0.2) is 42.5 Å². The molecule has 0 spiro atoms. The van der Waals surface area contributed by atoms with Gasteiger partial charge in [0.15, 0.2) is 0 Å². The molecule has 0 atom stereocenters. The minimum absolute atomic E-state index is 0.00340. The van der Waals surface area contributed by atoms with Crippen LogP contribution in [0.3, 0.4) is 0 Å². The van der Waals surface area contributed by atoms with Gasteiger partial charge in [0.05, 0.1) is 17.3 Å². The topological polar surface area (TPSA) is 90.5 Å². The molecule has 4 rings (SSSR count). The Morgan fingerprint density at radius 3 is 2.59 bits per heavy atom. The number of amides is 3. The van der Waals surface area contributed by atoms with E-state index in [1.807, 2.05) is 4.90 Å². The highest BCUT2D eigenvalue weighted by molar-refractivity contribution is 6.33. The second-order valence-electron chi connectivity index (χ2n) is 7.24. The van der Waals surface area contributed by atoms with Crippen molar-refractivity contribution in [3.05, 3.63) is 53.1 Å². The molecule has 7 nitrogen and oxygen atoms in total. The third-order valence-corrected chi connectivity index (χ3v) is 5.23. The number of halogens is 1. The standard InChI is InChI=1S/C21H21ClN4O3/c22-17-11-16(6-7-18(17)26-9-8-23-19(27)12-26)25-21(29)14-2-1-3-15(10-14)24-20(28)13-4-5-13/h1-3,6-7,10-11,13H,4-5,8-9,12H2,(H,23,27)(H,24,28)(H,25,29). The lowest BCUT2D eigenvalue weighted by molar-refractivity contribution is -0.120. The van der Waals surface area contributed by atoms with Crippen LogP contribution in [0, 0.1) is 5.92 Å². The van der Waals surface area contributed by atoms with E-state index in [0.29, 0.717) is 35.1 Å². The Labute approximate surface area is 173 Å². The van der Waals surface area contributed by atoms with Crippen LogP contribution in [0.4, 0.5) is 17.1 Å². The first-order chi connectivity index (χ1) is 14.0. The molecule has 2 aliphatic rings. The molecule has 0 bridgehead atoms. The van der Waals surface area contributed by atoms with E-state index in [9.17, 15) is 14.4 Å². The van der Waals surface area contributed by atoms with Crippen LogP contribution >= 0.6 is 11.6 Å². The molecule has 1 aliphatic carbocycles. The largest absolute Gasteiger partial charge is 0.359 e. The van der Waals surface area contributed by atoms with E-state index >= 15 is 0 Å². The summed E-state index contributed by atoms with van der Waals surface area (Å²) in [5, 5.41) is 8.90. The second-order valence-corrected chi connectivity index (χ2v) is 7.64. The van der Waals surface area contributed by atoms with E-state index in [2.05, 4.69) is 16.0 Å². The first kappa shape index (κ1) is 19.3. The summed E-state index contributed by atoms with van der Waals surface area (Å²) < 4.78 is 0. The lowest BCUT2D eigenvalue weighted by Crippen LogP contribution is -2.47. The Bertz CT molecular complexity index is 974. The Morgan fingerprint density at radius 1 is 1.07 bits per heavy atom. The maximum atomic E-state index is 12.6. The third-order valence-electron chi connectivity index (χ3n) is 4.93. The summed E-state index contributed by atoms with van der Waals surface area (Å²) in [4.78, 5) is 38.0. The summed E-state index contributed by atoms with van der Waals surface area (Å²) in [5.41, 5.74) is 2.35. The molecular formula is C21H21ClN4O3. The van der Waals surface area contributed by atoms with Gasteiger partial charge in [0.1, 0.15) is 0 Å². The molecule has 1 saturated heterocycles. The summed E-state index contributed by atoms with van der Waals surface area (Å²) in [6, 6.07) is 12.0. The molecule has 3 amide bonds. The van der Waals surface area contributed by atoms with Crippen molar-refractivity contribution in [3.63, 3.8) is 0 Å². The number of anilines is 3. The smallest absolute Gasteiger partial charge is 0.255 e. The zero-order valence-electron chi connectivity index (χ0n) is 15.7. The molecule has 150 valence electrons. The van der Waals surface area contributed by atoms with Crippen molar-refractivity contribution in [2.75, 3.05) is 35.2 Å². The van der Waals surface area contributed by atoms with Crippen molar-refractivity contribution in [1.29, 1.82) is 0 Å². The third kappa shape index (κ3) is 4.68. The number of benzene rings is 2. The van der Waals surface area contributed by atoms with Crippen molar-refractivity contribution < 1.29 is 14.4 Å². The van der Waals surface area contributed by atoms with Gasteiger partial charge < -0.3 is 20.9 Å². The van der Waals surface area contributed by atoms with Gasteiger partial charge in [-0.1, -0.05) is 17.7 Å². The summed E-state index contributed by atoms with van der Waals surface area (Å²) in [5.74, 6) is -0.248. The van der Waals surface area contributed by atoms with Gasteiger partial charge in [0.25, 0.3) is 5.91 Å². The van der Waals surface area contributed by atoms with E-state index in [1.165, 1.54) is 0 Å². The fraction of sp³-hybridized carbons (Fsp3) is 0.286. The van der Waals surface area contributed by atoms with E-state index in [0.717, 1.165) is 18.5 Å². The summed E-state index contributed by atoms with van der Waals surface area (Å²) >= 11 is 6.39. The monoisotopic (exact) mass is 412 g/mol. The zero-order valence-corrected chi connectivity index (χ0v) is 16.5. The maximum Gasteiger partial charge on any atom is 0.255 e. The van der Waals surface area contributed by atoms with Gasteiger partial charge in [-0.25, -0.2) is 0 Å². The lowest BCUT2D eigenvalue weighted by Gasteiger charge is -2.29. The van der Waals surface area contributed by atoms with Gasteiger partial charge in [-0.2, -0.15) is 0 Å². The SMILES string of the molecule is O=C1CN(c2ccc(NC(=O)c3cccc(NC(=O)C4CC4)c3)cc2Cl)CCN1. The van der Waals surface area contributed by atoms with Crippen LogP contribution in [0.2, 0.25) is 5.02 Å². The normalized spacial score (nSPS) is 16.2. The average Bonchev–Trinajstić information content (AvgIpc) is 3.54. The molecule has 3 N–H and O–H groups in total. The number of hydrogen-bond donors (Lipinski definition) is 3. The van der Waals surface area contributed by atoms with Crippen LogP contribution in [-0.4, -0.2) is 37.4 Å². The number of carbonyl (C=O) groups excluding carboxylic acids is 3. The Balaban J connectivity index is 1.43. The van der Waals surface area contributed by atoms with Gasteiger partial charge in [-0.15, -0.1) is 0 Å². The van der Waals surface area contributed by atoms with Crippen molar-refractivity contribution >= 4 is 46.4 Å². The molecule has 0 unspecified atom stereocenters. The fourth-order valence-electron chi connectivity index (χ4n) is 3.22. The molecule has 1 heterocycles. The van der Waals surface area contributed by atoms with E-state index in [1.54, 1.807) is 42.5 Å². The van der Waals surface area contributed by atoms with E-state index in [-0.39, 0.29) is 30.2 Å². The van der Waals surface area contributed by atoms with Crippen molar-refractivity contribution in [2.24, 2.45) is 5.92 Å². The highest BCUT2D eigenvalue weighted by atomic mass is 35.5. The van der Waals surface area contributed by atoms with Crippen LogP contribution in [-0.2, 0) is 9.59 Å². The van der Waals surface area contributed by atoms with Gasteiger partial charge in [-0.3, -0.25) is 14.4 Å². The molecule has 0 aromatic heterocycles. The number of carbonyl (C=O) groups is 3. The van der Waals surface area contributed by atoms with Crippen molar-refractivity contribution in [3.8, 4) is 0 Å². The Morgan fingerprint density at radius 2 is 1.86 bits per heavy atom. The number of nitrogens with zero attached hydrogens (tertiary/aromatic N) is 1. The zero-order chi connectivity index (χ0) is 20.4. The first-order valence-corrected chi connectivity index (χ1v) is 9.91. The van der Waals surface area contributed by atoms with E-state index in [4.69, 9.17) is 11.6 Å². The Kier molecular flexibility index (Phi) is 5.40. The maximum absolute atomic E-state index is 12.6. The van der Waals surface area contributed by atoms with Crippen LogP contribution < -0.4 is 20.9 Å². The highest BCUT2D eigenvalue weighted by Gasteiger charge is 2.29. The fourth-order valence-corrected chi connectivity index (χ4v) is 3.52. The number of piperazine rings is 1. The molecule has 1 aliphatic heterocycles. The summed E-state index contributed by atoms with van der Waals surface area (Å²) in [7, 11) is 0. The van der Waals surface area contributed by atoms with Crippen LogP contribution in [0.1, 0.15) is 23.2 Å². The molecule has 29 heavy (non-hydrogen) atoms. The predicted molar refractivity (Wildman–Crippen MR) is 112 cm³/mol. The van der Waals surface area contributed by atoms with Crippen molar-refractivity contribution in [1.82, 2.24) is 5.32 Å². The van der Waals surface area contributed by atoms with Crippen molar-refractivity contribution in [2.45, 2.75) is 12.8 Å². The van der Waals surface area contributed by atoms with E-state index < -0.39 is 0 Å². The van der Waals surface area contributed by atoms with Gasteiger partial charge in [-0.05, 0) is 49.2 Å². The van der Waals surface area contributed by atoms with Gasteiger partial charge >= 0.3 is 0 Å². The number of hydrogen-bond acceptors (Lipinski definition) is 4. The number of rotatable bonds is 5. The summed E-state index contributed by atoms with van der Waals surface area (Å²) in [6.07, 6.45) is 1.84. The van der Waals surface area contributed by atoms with Crippen LogP contribution in [0.25, 0.3) is 0 Å². The van der Waals surface area contributed by atoms with Gasteiger partial charge in [0.2, 0.25) is 11.8 Å².